The zero-order valence-corrected chi connectivity index (χ0v) is 18.9. The zero-order chi connectivity index (χ0) is 19.3. The van der Waals surface area contributed by atoms with Crippen molar-refractivity contribution in [3.05, 3.63) is 28.8 Å². The summed E-state index contributed by atoms with van der Waals surface area (Å²) in [5.74, 6) is -0.0613. The molecule has 2 atom stereocenters. The Labute approximate surface area is 184 Å². The van der Waals surface area contributed by atoms with Gasteiger partial charge in [0.15, 0.2) is 0 Å². The van der Waals surface area contributed by atoms with Crippen molar-refractivity contribution >= 4 is 53.9 Å². The topological polar surface area (TPSA) is 87.5 Å². The van der Waals surface area contributed by atoms with Gasteiger partial charge >= 0.3 is 0 Å². The third kappa shape index (κ3) is 7.66. The van der Waals surface area contributed by atoms with Crippen LogP contribution in [0.25, 0.3) is 0 Å². The van der Waals surface area contributed by atoms with Gasteiger partial charge in [0.05, 0.1) is 12.6 Å². The molecule has 4 N–H and O–H groups in total. The number of nitrogens with two attached hydrogens (primary N) is 1. The highest BCUT2D eigenvalue weighted by atomic mass is 35.5. The lowest BCUT2D eigenvalue weighted by molar-refractivity contribution is -0.127. The van der Waals surface area contributed by atoms with E-state index in [0.29, 0.717) is 12.5 Å². The van der Waals surface area contributed by atoms with E-state index in [2.05, 4.69) is 22.5 Å². The molecule has 1 saturated heterocycles. The highest BCUT2D eigenvalue weighted by molar-refractivity contribution is 6.30. The van der Waals surface area contributed by atoms with E-state index >= 15 is 0 Å². The van der Waals surface area contributed by atoms with Gasteiger partial charge < -0.3 is 21.3 Å². The number of hydrogen-bond donors (Lipinski definition) is 3. The first-order valence-electron chi connectivity index (χ1n) is 9.09. The highest BCUT2D eigenvalue weighted by Crippen LogP contribution is 2.29. The minimum Gasteiger partial charge on any atom is -0.371 e. The fourth-order valence-corrected chi connectivity index (χ4v) is 3.22. The maximum atomic E-state index is 11.9. The van der Waals surface area contributed by atoms with Crippen LogP contribution >= 0.6 is 36.4 Å². The number of nitrogens with zero attached hydrogens (tertiary/aromatic N) is 1. The molecule has 160 valence electrons. The summed E-state index contributed by atoms with van der Waals surface area (Å²) < 4.78 is 0. The van der Waals surface area contributed by atoms with Gasteiger partial charge in [-0.15, -0.1) is 24.8 Å². The fourth-order valence-electron chi connectivity index (χ4n) is 3.05. The molecule has 1 unspecified atom stereocenters. The summed E-state index contributed by atoms with van der Waals surface area (Å²) >= 11 is 6.11. The Bertz CT molecular complexity index is 658. The lowest BCUT2D eigenvalue weighted by Crippen LogP contribution is -2.47. The van der Waals surface area contributed by atoms with Crippen LogP contribution in [0.3, 0.4) is 0 Å². The summed E-state index contributed by atoms with van der Waals surface area (Å²) in [5.41, 5.74) is 8.11. The van der Waals surface area contributed by atoms with Gasteiger partial charge in [-0.2, -0.15) is 0 Å². The Morgan fingerprint density at radius 3 is 2.61 bits per heavy atom. The second-order valence-corrected chi connectivity index (χ2v) is 7.76. The summed E-state index contributed by atoms with van der Waals surface area (Å²) in [6, 6.07) is 5.32. The van der Waals surface area contributed by atoms with Crippen LogP contribution in [0.5, 0.6) is 0 Å². The van der Waals surface area contributed by atoms with Crippen molar-refractivity contribution in [1.29, 1.82) is 0 Å². The summed E-state index contributed by atoms with van der Waals surface area (Å²) in [4.78, 5) is 26.0. The van der Waals surface area contributed by atoms with Crippen molar-refractivity contribution in [1.82, 2.24) is 10.6 Å². The van der Waals surface area contributed by atoms with Crippen molar-refractivity contribution in [2.45, 2.75) is 33.2 Å². The number of rotatable bonds is 7. The predicted octanol–water partition coefficient (Wildman–Crippen LogP) is 2.53. The van der Waals surface area contributed by atoms with Crippen molar-refractivity contribution in [2.75, 3.05) is 31.1 Å². The fraction of sp³-hybridized carbons (Fsp3) is 0.579. The average Bonchev–Trinajstić information content (AvgIpc) is 3.07. The molecule has 1 aliphatic heterocycles. The van der Waals surface area contributed by atoms with Crippen molar-refractivity contribution < 1.29 is 9.59 Å². The Morgan fingerprint density at radius 2 is 1.96 bits per heavy atom. The number of anilines is 1. The monoisotopic (exact) mass is 452 g/mol. The molecule has 1 fully saturated rings. The predicted molar refractivity (Wildman–Crippen MR) is 120 cm³/mol. The summed E-state index contributed by atoms with van der Waals surface area (Å²) in [5, 5.41) is 6.22. The number of benzene rings is 1. The average molecular weight is 454 g/mol. The lowest BCUT2D eigenvalue weighted by atomic mass is 10.1. The van der Waals surface area contributed by atoms with Gasteiger partial charge in [-0.3, -0.25) is 9.59 Å². The molecule has 0 aromatic heterocycles. The molecule has 0 aliphatic carbocycles. The SMILES string of the molecule is Cc1ccc(Cl)cc1N1CCC(CNC(=O)CNC(=O)[C@@H](N)C(C)C)C1.Cl.Cl. The normalized spacial score (nSPS) is 16.8. The summed E-state index contributed by atoms with van der Waals surface area (Å²) in [7, 11) is 0. The lowest BCUT2D eigenvalue weighted by Gasteiger charge is -2.21. The molecule has 1 aromatic carbocycles. The maximum Gasteiger partial charge on any atom is 0.239 e. The van der Waals surface area contributed by atoms with Crippen molar-refractivity contribution in [2.24, 2.45) is 17.6 Å². The molecule has 0 radical (unpaired) electrons. The minimum absolute atomic E-state index is 0. The molecular formula is C19H31Cl3N4O2. The van der Waals surface area contributed by atoms with Crippen molar-refractivity contribution in [3.8, 4) is 0 Å². The van der Waals surface area contributed by atoms with E-state index in [1.807, 2.05) is 32.0 Å². The van der Waals surface area contributed by atoms with Gasteiger partial charge in [0.1, 0.15) is 0 Å². The number of hydrogen-bond acceptors (Lipinski definition) is 4. The molecule has 1 aromatic rings. The Hall–Kier alpha value is -1.21. The first-order chi connectivity index (χ1) is 12.3. The van der Waals surface area contributed by atoms with Crippen LogP contribution in [0.15, 0.2) is 18.2 Å². The van der Waals surface area contributed by atoms with E-state index in [-0.39, 0.29) is 49.1 Å². The standard InChI is InChI=1S/C19H29ClN4O2.2ClH/c1-12(2)18(21)19(26)23-10-17(25)22-9-14-6-7-24(11-14)16-8-15(20)5-4-13(16)3;;/h4-5,8,12,14,18H,6-7,9-11,21H2,1-3H3,(H,22,25)(H,23,26);2*1H/t14?,18-;;/m0../s1. The van der Waals surface area contributed by atoms with Crippen LogP contribution in [0, 0.1) is 18.8 Å². The molecule has 28 heavy (non-hydrogen) atoms. The third-order valence-electron chi connectivity index (χ3n) is 4.83. The third-order valence-corrected chi connectivity index (χ3v) is 5.06. The molecule has 2 rings (SSSR count). The Balaban J connectivity index is 0.00000364. The quantitative estimate of drug-likeness (QED) is 0.592. The summed E-state index contributed by atoms with van der Waals surface area (Å²) in [6.45, 7) is 8.21. The minimum atomic E-state index is -0.591. The van der Waals surface area contributed by atoms with Crippen LogP contribution in [0.2, 0.25) is 5.02 Å². The molecule has 6 nitrogen and oxygen atoms in total. The van der Waals surface area contributed by atoms with Crippen LogP contribution in [0.4, 0.5) is 5.69 Å². The van der Waals surface area contributed by atoms with Gasteiger partial charge in [0, 0.05) is 30.3 Å². The van der Waals surface area contributed by atoms with Crippen LogP contribution < -0.4 is 21.3 Å². The van der Waals surface area contributed by atoms with E-state index in [9.17, 15) is 9.59 Å². The number of nitrogens with one attached hydrogen (secondary N) is 2. The highest BCUT2D eigenvalue weighted by Gasteiger charge is 2.24. The van der Waals surface area contributed by atoms with Crippen molar-refractivity contribution in [3.63, 3.8) is 0 Å². The van der Waals surface area contributed by atoms with Gasteiger partial charge in [-0.05, 0) is 42.9 Å². The zero-order valence-electron chi connectivity index (χ0n) is 16.5. The van der Waals surface area contributed by atoms with Gasteiger partial charge in [0.25, 0.3) is 0 Å². The van der Waals surface area contributed by atoms with Crippen LogP contribution in [-0.4, -0.2) is 44.0 Å². The van der Waals surface area contributed by atoms with E-state index in [4.69, 9.17) is 17.3 Å². The first-order valence-corrected chi connectivity index (χ1v) is 9.46. The molecule has 1 aliphatic rings. The molecule has 0 spiro atoms. The van der Waals surface area contributed by atoms with E-state index in [1.54, 1.807) is 0 Å². The van der Waals surface area contributed by atoms with Crippen LogP contribution in [-0.2, 0) is 9.59 Å². The van der Waals surface area contributed by atoms with E-state index < -0.39 is 6.04 Å². The number of aryl methyl sites for hydroxylation is 1. The number of carbonyl (C=O) groups is 2. The second kappa shape index (κ2) is 12.4. The smallest absolute Gasteiger partial charge is 0.239 e. The van der Waals surface area contributed by atoms with Gasteiger partial charge in [0.2, 0.25) is 11.8 Å². The van der Waals surface area contributed by atoms with E-state index in [0.717, 1.165) is 30.2 Å². The Morgan fingerprint density at radius 1 is 1.29 bits per heavy atom. The molecule has 0 saturated carbocycles. The molecule has 0 bridgehead atoms. The molecular weight excluding hydrogens is 423 g/mol. The van der Waals surface area contributed by atoms with Gasteiger partial charge in [-0.1, -0.05) is 31.5 Å². The van der Waals surface area contributed by atoms with E-state index in [1.165, 1.54) is 5.56 Å². The summed E-state index contributed by atoms with van der Waals surface area (Å²) in [6.07, 6.45) is 1.01. The van der Waals surface area contributed by atoms with Gasteiger partial charge in [-0.25, -0.2) is 0 Å². The number of amides is 2. The maximum absolute atomic E-state index is 11.9. The van der Waals surface area contributed by atoms with Crippen LogP contribution in [0.1, 0.15) is 25.8 Å². The number of carbonyl (C=O) groups excluding carboxylic acids is 2. The molecule has 9 heteroatoms. The largest absolute Gasteiger partial charge is 0.371 e. The number of halogens is 3. The molecule has 1 heterocycles. The second-order valence-electron chi connectivity index (χ2n) is 7.32. The Kier molecular flexibility index (Phi) is 11.8. The molecule has 2 amide bonds. The first kappa shape index (κ1) is 26.8.